The number of aromatic nitrogens is 1. The van der Waals surface area contributed by atoms with Crippen molar-refractivity contribution in [3.63, 3.8) is 0 Å². The summed E-state index contributed by atoms with van der Waals surface area (Å²) in [4.78, 5) is 12.1. The Bertz CT molecular complexity index is 610. The smallest absolute Gasteiger partial charge is 0.253 e. The molecule has 2 rings (SSSR count). The lowest BCUT2D eigenvalue weighted by Crippen LogP contribution is -2.24. The Kier molecular flexibility index (Phi) is 4.34. The van der Waals surface area contributed by atoms with Crippen LogP contribution in [-0.4, -0.2) is 17.6 Å². The Labute approximate surface area is 116 Å². The number of amides is 1. The molecule has 0 spiro atoms. The van der Waals surface area contributed by atoms with Gasteiger partial charge >= 0.3 is 0 Å². The highest BCUT2D eigenvalue weighted by Crippen LogP contribution is 2.19. The van der Waals surface area contributed by atoms with Gasteiger partial charge in [-0.15, -0.1) is 0 Å². The Morgan fingerprint density at radius 2 is 2.25 bits per heavy atom. The Balaban J connectivity index is 2.10. The predicted molar refractivity (Wildman–Crippen MR) is 73.0 cm³/mol. The number of hydrogen-bond acceptors (Lipinski definition) is 4. The third-order valence-electron chi connectivity index (χ3n) is 2.71. The Morgan fingerprint density at radius 1 is 1.45 bits per heavy atom. The zero-order valence-electron chi connectivity index (χ0n) is 11.4. The average molecular weight is 277 g/mol. The number of anilines is 1. The molecule has 2 aromatic rings. The van der Waals surface area contributed by atoms with Gasteiger partial charge in [0.25, 0.3) is 5.91 Å². The van der Waals surface area contributed by atoms with Crippen molar-refractivity contribution in [2.75, 3.05) is 11.9 Å². The fourth-order valence-corrected chi connectivity index (χ4v) is 1.83. The molecular weight excluding hydrogens is 261 g/mol. The summed E-state index contributed by atoms with van der Waals surface area (Å²) < 4.78 is 18.7. The number of carbonyl (C=O) groups is 1. The second kappa shape index (κ2) is 6.18. The molecule has 0 aliphatic heterocycles. The number of rotatable bonds is 5. The van der Waals surface area contributed by atoms with Gasteiger partial charge in [-0.05, 0) is 26.0 Å². The van der Waals surface area contributed by atoms with E-state index in [1.54, 1.807) is 19.1 Å². The van der Waals surface area contributed by atoms with Gasteiger partial charge in [-0.25, -0.2) is 4.39 Å². The standard InChI is InChI=1S/C14H16FN3O2/c1-3-16-13-11(5-4-6-12(13)15)14(19)17-8-10-7-9(2)18-20-10/h4-7,16H,3,8H2,1-2H3,(H,17,19). The molecule has 2 N–H and O–H groups in total. The van der Waals surface area contributed by atoms with Gasteiger partial charge in [-0.2, -0.15) is 0 Å². The number of nitrogens with one attached hydrogen (secondary N) is 2. The van der Waals surface area contributed by atoms with Gasteiger partial charge in [-0.1, -0.05) is 11.2 Å². The van der Waals surface area contributed by atoms with E-state index in [0.29, 0.717) is 12.3 Å². The lowest BCUT2D eigenvalue weighted by atomic mass is 10.1. The molecule has 20 heavy (non-hydrogen) atoms. The maximum Gasteiger partial charge on any atom is 0.253 e. The van der Waals surface area contributed by atoms with Crippen molar-refractivity contribution in [2.45, 2.75) is 20.4 Å². The van der Waals surface area contributed by atoms with Crippen LogP contribution < -0.4 is 10.6 Å². The summed E-state index contributed by atoms with van der Waals surface area (Å²) in [6, 6.07) is 6.12. The van der Waals surface area contributed by atoms with Crippen LogP contribution in [0.1, 0.15) is 28.7 Å². The summed E-state index contributed by atoms with van der Waals surface area (Å²) in [5.41, 5.74) is 1.22. The fourth-order valence-electron chi connectivity index (χ4n) is 1.83. The first-order valence-electron chi connectivity index (χ1n) is 6.34. The van der Waals surface area contributed by atoms with Crippen LogP contribution in [0.25, 0.3) is 0 Å². The van der Waals surface area contributed by atoms with Crippen LogP contribution >= 0.6 is 0 Å². The average Bonchev–Trinajstić information content (AvgIpc) is 2.84. The highest BCUT2D eigenvalue weighted by Gasteiger charge is 2.14. The molecule has 0 saturated carbocycles. The maximum atomic E-state index is 13.7. The van der Waals surface area contributed by atoms with Crippen molar-refractivity contribution >= 4 is 11.6 Å². The van der Waals surface area contributed by atoms with Gasteiger partial charge in [-0.3, -0.25) is 4.79 Å². The molecule has 0 unspecified atom stereocenters. The highest BCUT2D eigenvalue weighted by molar-refractivity contribution is 5.99. The molecule has 0 bridgehead atoms. The molecule has 5 nitrogen and oxygen atoms in total. The van der Waals surface area contributed by atoms with Crippen LogP contribution in [0, 0.1) is 12.7 Å². The number of aryl methyl sites for hydroxylation is 1. The van der Waals surface area contributed by atoms with Gasteiger partial charge in [0.15, 0.2) is 5.76 Å². The van der Waals surface area contributed by atoms with E-state index in [0.717, 1.165) is 5.69 Å². The first kappa shape index (κ1) is 14.0. The highest BCUT2D eigenvalue weighted by atomic mass is 19.1. The quantitative estimate of drug-likeness (QED) is 0.881. The molecule has 6 heteroatoms. The number of carbonyl (C=O) groups excluding carboxylic acids is 1. The first-order chi connectivity index (χ1) is 9.61. The zero-order valence-corrected chi connectivity index (χ0v) is 11.4. The predicted octanol–water partition coefficient (Wildman–Crippen LogP) is 2.48. The molecule has 1 aromatic heterocycles. The maximum absolute atomic E-state index is 13.7. The molecule has 1 amide bonds. The Morgan fingerprint density at radius 3 is 2.90 bits per heavy atom. The molecule has 0 aliphatic carbocycles. The number of halogens is 1. The normalized spacial score (nSPS) is 10.3. The van der Waals surface area contributed by atoms with Gasteiger partial charge in [0.05, 0.1) is 23.5 Å². The molecule has 1 heterocycles. The van der Waals surface area contributed by atoms with Crippen molar-refractivity contribution in [1.82, 2.24) is 10.5 Å². The minimum Gasteiger partial charge on any atom is -0.382 e. The largest absolute Gasteiger partial charge is 0.382 e. The van der Waals surface area contributed by atoms with Crippen molar-refractivity contribution in [2.24, 2.45) is 0 Å². The van der Waals surface area contributed by atoms with Gasteiger partial charge in [0.2, 0.25) is 0 Å². The lowest BCUT2D eigenvalue weighted by Gasteiger charge is -2.11. The van der Waals surface area contributed by atoms with E-state index in [1.807, 2.05) is 6.92 Å². The van der Waals surface area contributed by atoms with Crippen molar-refractivity contribution in [3.05, 3.63) is 47.1 Å². The summed E-state index contributed by atoms with van der Waals surface area (Å²) in [5, 5.41) is 9.26. The SMILES string of the molecule is CCNc1c(F)cccc1C(=O)NCc1cc(C)no1. The fraction of sp³-hybridized carbons (Fsp3) is 0.286. The van der Waals surface area contributed by atoms with Crippen molar-refractivity contribution in [1.29, 1.82) is 0 Å². The second-order valence-electron chi connectivity index (χ2n) is 4.31. The number of hydrogen-bond donors (Lipinski definition) is 2. The van der Waals surface area contributed by atoms with Crippen molar-refractivity contribution < 1.29 is 13.7 Å². The van der Waals surface area contributed by atoms with Crippen LogP contribution in [0.3, 0.4) is 0 Å². The summed E-state index contributed by atoms with van der Waals surface area (Å²) in [5.74, 6) is -0.262. The van der Waals surface area contributed by atoms with Crippen LogP contribution in [0.4, 0.5) is 10.1 Å². The van der Waals surface area contributed by atoms with E-state index in [4.69, 9.17) is 4.52 Å². The van der Waals surface area contributed by atoms with E-state index in [9.17, 15) is 9.18 Å². The number of benzene rings is 1. The molecule has 0 radical (unpaired) electrons. The molecule has 0 fully saturated rings. The van der Waals surface area contributed by atoms with Gasteiger partial charge in [0.1, 0.15) is 5.82 Å². The minimum atomic E-state index is -0.449. The van der Waals surface area contributed by atoms with Crippen LogP contribution in [-0.2, 0) is 6.54 Å². The first-order valence-corrected chi connectivity index (χ1v) is 6.34. The summed E-state index contributed by atoms with van der Waals surface area (Å²) in [6.07, 6.45) is 0. The summed E-state index contributed by atoms with van der Waals surface area (Å²) >= 11 is 0. The van der Waals surface area contributed by atoms with Crippen LogP contribution in [0.2, 0.25) is 0 Å². The molecular formula is C14H16FN3O2. The topological polar surface area (TPSA) is 67.2 Å². The molecule has 0 saturated heterocycles. The van der Waals surface area contributed by atoms with Crippen LogP contribution in [0.15, 0.2) is 28.8 Å². The summed E-state index contributed by atoms with van der Waals surface area (Å²) in [6.45, 7) is 4.38. The third-order valence-corrected chi connectivity index (χ3v) is 2.71. The molecule has 106 valence electrons. The monoisotopic (exact) mass is 277 g/mol. The second-order valence-corrected chi connectivity index (χ2v) is 4.31. The number of para-hydroxylation sites is 1. The van der Waals surface area contributed by atoms with Crippen molar-refractivity contribution in [3.8, 4) is 0 Å². The van der Waals surface area contributed by atoms with Crippen LogP contribution in [0.5, 0.6) is 0 Å². The zero-order chi connectivity index (χ0) is 14.5. The van der Waals surface area contributed by atoms with Gasteiger partial charge < -0.3 is 15.2 Å². The third kappa shape index (κ3) is 3.14. The Hall–Kier alpha value is -2.37. The van der Waals surface area contributed by atoms with E-state index in [-0.39, 0.29) is 23.7 Å². The van der Waals surface area contributed by atoms with E-state index in [2.05, 4.69) is 15.8 Å². The molecule has 0 atom stereocenters. The van der Waals surface area contributed by atoms with E-state index in [1.165, 1.54) is 12.1 Å². The lowest BCUT2D eigenvalue weighted by molar-refractivity contribution is 0.0947. The van der Waals surface area contributed by atoms with E-state index >= 15 is 0 Å². The van der Waals surface area contributed by atoms with Gasteiger partial charge in [0, 0.05) is 12.6 Å². The minimum absolute atomic E-state index is 0.209. The van der Waals surface area contributed by atoms with E-state index < -0.39 is 5.82 Å². The number of nitrogens with zero attached hydrogens (tertiary/aromatic N) is 1. The molecule has 1 aromatic carbocycles. The molecule has 0 aliphatic rings. The summed E-state index contributed by atoms with van der Waals surface area (Å²) in [7, 11) is 0.